The summed E-state index contributed by atoms with van der Waals surface area (Å²) in [6.07, 6.45) is 9.53. The van der Waals surface area contributed by atoms with Crippen LogP contribution in [0.25, 0.3) is 16.9 Å². The Balaban J connectivity index is 1.56. The van der Waals surface area contributed by atoms with Crippen LogP contribution in [-0.2, 0) is 12.8 Å². The molecule has 4 aromatic rings. The first kappa shape index (κ1) is 24.0. The molecule has 3 aromatic heterocycles. The van der Waals surface area contributed by atoms with Gasteiger partial charge in [-0.3, -0.25) is 14.3 Å². The molecule has 36 heavy (non-hydrogen) atoms. The SMILES string of the molecule is CCCCc1c(Cc2ccc(-c3ccccc3C#N)nc2)c(=O)n(C2CCC(O)CC2)c2ccnn12. The zero-order valence-corrected chi connectivity index (χ0v) is 20.6. The molecule has 1 fully saturated rings. The monoisotopic (exact) mass is 481 g/mol. The molecule has 0 aliphatic heterocycles. The summed E-state index contributed by atoms with van der Waals surface area (Å²) >= 11 is 0. The number of benzene rings is 1. The van der Waals surface area contributed by atoms with Crippen molar-refractivity contribution in [3.05, 3.63) is 87.6 Å². The molecule has 5 rings (SSSR count). The lowest BCUT2D eigenvalue weighted by Gasteiger charge is -2.29. The van der Waals surface area contributed by atoms with Crippen molar-refractivity contribution in [2.45, 2.75) is 70.4 Å². The summed E-state index contributed by atoms with van der Waals surface area (Å²) < 4.78 is 3.86. The number of pyridine rings is 1. The van der Waals surface area contributed by atoms with Crippen LogP contribution in [0.5, 0.6) is 0 Å². The quantitative estimate of drug-likeness (QED) is 0.407. The number of aryl methyl sites for hydroxylation is 1. The second kappa shape index (κ2) is 10.5. The van der Waals surface area contributed by atoms with Crippen molar-refractivity contribution < 1.29 is 5.11 Å². The Morgan fingerprint density at radius 2 is 1.92 bits per heavy atom. The van der Waals surface area contributed by atoms with Crippen LogP contribution in [0.2, 0.25) is 0 Å². The lowest BCUT2D eigenvalue weighted by Crippen LogP contribution is -2.34. The second-order valence-corrected chi connectivity index (χ2v) is 9.65. The fourth-order valence-electron chi connectivity index (χ4n) is 5.33. The van der Waals surface area contributed by atoms with Gasteiger partial charge in [0, 0.05) is 35.9 Å². The third-order valence-corrected chi connectivity index (χ3v) is 7.28. The molecular weight excluding hydrogens is 450 g/mol. The Morgan fingerprint density at radius 3 is 2.64 bits per heavy atom. The van der Waals surface area contributed by atoms with Crippen LogP contribution in [-0.4, -0.2) is 30.4 Å². The smallest absolute Gasteiger partial charge is 0.257 e. The van der Waals surface area contributed by atoms with Gasteiger partial charge >= 0.3 is 0 Å². The third-order valence-electron chi connectivity index (χ3n) is 7.28. The molecule has 1 N–H and O–H groups in total. The van der Waals surface area contributed by atoms with E-state index in [1.165, 1.54) is 0 Å². The van der Waals surface area contributed by atoms with Crippen LogP contribution in [0.15, 0.2) is 59.7 Å². The van der Waals surface area contributed by atoms with Gasteiger partial charge in [0.2, 0.25) is 0 Å². The zero-order chi connectivity index (χ0) is 25.1. The molecule has 1 aromatic carbocycles. The molecular formula is C29H31N5O2. The van der Waals surface area contributed by atoms with E-state index in [2.05, 4.69) is 23.1 Å². The molecule has 1 aliphatic rings. The Kier molecular flexibility index (Phi) is 6.97. The van der Waals surface area contributed by atoms with Gasteiger partial charge in [-0.15, -0.1) is 0 Å². The van der Waals surface area contributed by atoms with Gasteiger partial charge in [0.05, 0.1) is 35.3 Å². The number of fused-ring (bicyclic) bond motifs is 1. The number of aromatic nitrogens is 4. The molecule has 3 heterocycles. The van der Waals surface area contributed by atoms with Crippen LogP contribution < -0.4 is 5.56 Å². The maximum atomic E-state index is 14.0. The number of hydrogen-bond donors (Lipinski definition) is 1. The highest BCUT2D eigenvalue weighted by molar-refractivity contribution is 5.67. The van der Waals surface area contributed by atoms with Crippen LogP contribution in [0.1, 0.15) is 73.9 Å². The molecule has 0 saturated heterocycles. The van der Waals surface area contributed by atoms with Crippen molar-refractivity contribution in [1.82, 2.24) is 19.2 Å². The van der Waals surface area contributed by atoms with Crippen molar-refractivity contribution in [3.63, 3.8) is 0 Å². The van der Waals surface area contributed by atoms with Gasteiger partial charge in [0.1, 0.15) is 5.65 Å². The summed E-state index contributed by atoms with van der Waals surface area (Å²) in [5.74, 6) is 0. The lowest BCUT2D eigenvalue weighted by molar-refractivity contribution is 0.110. The summed E-state index contributed by atoms with van der Waals surface area (Å²) in [5, 5.41) is 24.1. The average molecular weight is 482 g/mol. The highest BCUT2D eigenvalue weighted by Crippen LogP contribution is 2.30. The fraction of sp³-hybridized carbons (Fsp3) is 0.379. The van der Waals surface area contributed by atoms with E-state index in [0.29, 0.717) is 24.8 Å². The Labute approximate surface area is 210 Å². The third kappa shape index (κ3) is 4.57. The predicted octanol–water partition coefficient (Wildman–Crippen LogP) is 4.84. The van der Waals surface area contributed by atoms with Gasteiger partial charge in [0.15, 0.2) is 0 Å². The molecule has 7 nitrogen and oxygen atoms in total. The largest absolute Gasteiger partial charge is 0.393 e. The molecule has 0 radical (unpaired) electrons. The van der Waals surface area contributed by atoms with Gasteiger partial charge in [-0.25, -0.2) is 4.52 Å². The zero-order valence-electron chi connectivity index (χ0n) is 20.6. The molecule has 7 heteroatoms. The molecule has 1 aliphatic carbocycles. The Bertz CT molecular complexity index is 1450. The Hall–Kier alpha value is -3.76. The first-order chi connectivity index (χ1) is 17.6. The van der Waals surface area contributed by atoms with Gasteiger partial charge < -0.3 is 5.11 Å². The lowest BCUT2D eigenvalue weighted by atomic mass is 9.92. The van der Waals surface area contributed by atoms with E-state index in [-0.39, 0.29) is 17.7 Å². The Morgan fingerprint density at radius 1 is 1.11 bits per heavy atom. The van der Waals surface area contributed by atoms with Crippen molar-refractivity contribution in [2.75, 3.05) is 0 Å². The highest BCUT2D eigenvalue weighted by atomic mass is 16.3. The van der Waals surface area contributed by atoms with Crippen molar-refractivity contribution in [1.29, 1.82) is 5.26 Å². The molecule has 184 valence electrons. The van der Waals surface area contributed by atoms with E-state index in [0.717, 1.165) is 65.8 Å². The summed E-state index contributed by atoms with van der Waals surface area (Å²) in [6, 6.07) is 15.6. The number of aliphatic hydroxyl groups is 1. The molecule has 0 spiro atoms. The van der Waals surface area contributed by atoms with E-state index >= 15 is 0 Å². The highest BCUT2D eigenvalue weighted by Gasteiger charge is 2.26. The van der Waals surface area contributed by atoms with Gasteiger partial charge in [0.25, 0.3) is 5.56 Å². The van der Waals surface area contributed by atoms with Crippen molar-refractivity contribution >= 4 is 5.65 Å². The minimum atomic E-state index is -0.281. The minimum Gasteiger partial charge on any atom is -0.393 e. The number of hydrogen-bond acceptors (Lipinski definition) is 5. The van der Waals surface area contributed by atoms with Crippen LogP contribution in [0, 0.1) is 11.3 Å². The standard InChI is InChI=1S/C29H31N5O2/c1-2-3-8-27-25(17-20-9-14-26(31-19-20)24-7-5-4-6-21(24)18-30)29(36)33(28-15-16-32-34(27)28)22-10-12-23(35)13-11-22/h4-7,9,14-16,19,22-23,35H,2-3,8,10-13,17H2,1H3. The first-order valence-electron chi connectivity index (χ1n) is 12.8. The van der Waals surface area contributed by atoms with Crippen LogP contribution in [0.3, 0.4) is 0 Å². The maximum Gasteiger partial charge on any atom is 0.257 e. The second-order valence-electron chi connectivity index (χ2n) is 9.65. The van der Waals surface area contributed by atoms with Crippen LogP contribution in [0.4, 0.5) is 0 Å². The van der Waals surface area contributed by atoms with Crippen molar-refractivity contribution in [3.8, 4) is 17.3 Å². The molecule has 0 amide bonds. The van der Waals surface area contributed by atoms with Gasteiger partial charge in [-0.2, -0.15) is 10.4 Å². The molecule has 0 bridgehead atoms. The number of nitrogens with zero attached hydrogens (tertiary/aromatic N) is 5. The number of unbranched alkanes of at least 4 members (excludes halogenated alkanes) is 1. The minimum absolute atomic E-state index is 0.0365. The van der Waals surface area contributed by atoms with E-state index in [1.807, 2.05) is 45.5 Å². The van der Waals surface area contributed by atoms with E-state index in [1.54, 1.807) is 18.5 Å². The summed E-state index contributed by atoms with van der Waals surface area (Å²) in [6.45, 7) is 2.15. The van der Waals surface area contributed by atoms with Gasteiger partial charge in [-0.05, 0) is 56.2 Å². The van der Waals surface area contributed by atoms with E-state index in [4.69, 9.17) is 0 Å². The molecule has 1 saturated carbocycles. The maximum absolute atomic E-state index is 14.0. The molecule has 0 atom stereocenters. The summed E-state index contributed by atoms with van der Waals surface area (Å²) in [4.78, 5) is 18.7. The normalized spacial score (nSPS) is 17.8. The number of rotatable bonds is 7. The molecule has 0 unspecified atom stereocenters. The fourth-order valence-corrected chi connectivity index (χ4v) is 5.33. The number of nitriles is 1. The first-order valence-corrected chi connectivity index (χ1v) is 12.8. The van der Waals surface area contributed by atoms with Crippen molar-refractivity contribution in [2.24, 2.45) is 0 Å². The van der Waals surface area contributed by atoms with Crippen LogP contribution >= 0.6 is 0 Å². The topological polar surface area (TPSA) is 96.2 Å². The van der Waals surface area contributed by atoms with Gasteiger partial charge in [-0.1, -0.05) is 37.6 Å². The number of aliphatic hydroxyl groups excluding tert-OH is 1. The predicted molar refractivity (Wildman–Crippen MR) is 139 cm³/mol. The summed E-state index contributed by atoms with van der Waals surface area (Å²) in [7, 11) is 0. The van der Waals surface area contributed by atoms with E-state index < -0.39 is 0 Å². The average Bonchev–Trinajstić information content (AvgIpc) is 3.39. The summed E-state index contributed by atoms with van der Waals surface area (Å²) in [5.41, 5.74) is 5.67. The van der Waals surface area contributed by atoms with E-state index in [9.17, 15) is 15.2 Å².